The van der Waals surface area contributed by atoms with E-state index in [9.17, 15) is 0 Å². The molecule has 0 radical (unpaired) electrons. The molecule has 3 aliphatic rings. The zero-order valence-corrected chi connectivity index (χ0v) is 38.3. The van der Waals surface area contributed by atoms with E-state index in [1.165, 1.54) is 33.4 Å². The summed E-state index contributed by atoms with van der Waals surface area (Å²) in [6, 6.07) is 82.8. The molecule has 2 unspecified atom stereocenters. The van der Waals surface area contributed by atoms with Gasteiger partial charge in [0.25, 0.3) is 0 Å². The third kappa shape index (κ3) is 6.97. The first kappa shape index (κ1) is 40.6. The second-order valence-electron chi connectivity index (χ2n) is 18.2. The number of nitrogens with zero attached hydrogens (tertiary/aromatic N) is 7. The molecule has 12 aromatic rings. The van der Waals surface area contributed by atoms with Gasteiger partial charge < -0.3 is 0 Å². The summed E-state index contributed by atoms with van der Waals surface area (Å²) in [5.41, 5.74) is 19.5. The smallest absolute Gasteiger partial charge is 0.164 e. The van der Waals surface area contributed by atoms with Crippen LogP contribution in [0.15, 0.2) is 237 Å². The van der Waals surface area contributed by atoms with Crippen molar-refractivity contribution < 1.29 is 0 Å². The lowest BCUT2D eigenvalue weighted by Crippen LogP contribution is -2.27. The van der Waals surface area contributed by atoms with Crippen LogP contribution >= 0.6 is 0 Å². The Kier molecular flexibility index (Phi) is 9.52. The predicted octanol–water partition coefficient (Wildman–Crippen LogP) is 14.7. The number of imidazole rings is 1. The molecule has 15 rings (SSSR count). The van der Waals surface area contributed by atoms with E-state index in [-0.39, 0.29) is 11.8 Å². The molecule has 0 N–H and O–H groups in total. The highest BCUT2D eigenvalue weighted by atomic mass is 15.1. The van der Waals surface area contributed by atoms with E-state index in [2.05, 4.69) is 174 Å². The van der Waals surface area contributed by atoms with Gasteiger partial charge in [0.2, 0.25) is 0 Å². The van der Waals surface area contributed by atoms with E-state index in [0.717, 1.165) is 72.9 Å². The fraction of sp³-hybridized carbons (Fsp3) is 0.0312. The van der Waals surface area contributed by atoms with Gasteiger partial charge in [-0.3, -0.25) is 4.57 Å². The largest absolute Gasteiger partial charge is 0.292 e. The van der Waals surface area contributed by atoms with Crippen molar-refractivity contribution in [2.24, 2.45) is 0 Å². The molecule has 7 nitrogen and oxygen atoms in total. The summed E-state index contributed by atoms with van der Waals surface area (Å²) in [6.07, 6.45) is 0. The van der Waals surface area contributed by atoms with Crippen LogP contribution in [-0.2, 0) is 0 Å². The van der Waals surface area contributed by atoms with Crippen molar-refractivity contribution in [1.82, 2.24) is 34.5 Å². The molecule has 71 heavy (non-hydrogen) atoms. The number of aromatic nitrogens is 7. The second-order valence-corrected chi connectivity index (χ2v) is 18.2. The summed E-state index contributed by atoms with van der Waals surface area (Å²) in [4.78, 5) is 30.9. The Hall–Kier alpha value is -9.46. The van der Waals surface area contributed by atoms with E-state index in [1.54, 1.807) is 0 Å². The molecule has 0 spiro atoms. The molecule has 332 valence electrons. The highest BCUT2D eigenvalue weighted by molar-refractivity contribution is 5.84. The molecular formula is C64H41N7. The van der Waals surface area contributed by atoms with Crippen LogP contribution in [-0.4, -0.2) is 34.5 Å². The van der Waals surface area contributed by atoms with Gasteiger partial charge in [-0.1, -0.05) is 194 Å². The lowest BCUT2D eigenvalue weighted by Gasteiger charge is -2.42. The van der Waals surface area contributed by atoms with Gasteiger partial charge in [0.05, 0.1) is 22.4 Å². The van der Waals surface area contributed by atoms with E-state index in [1.807, 2.05) is 66.7 Å². The minimum absolute atomic E-state index is 0.0304. The third-order valence-corrected chi connectivity index (χ3v) is 14.0. The average Bonchev–Trinajstić information content (AvgIpc) is 3.85. The molecule has 0 aliphatic heterocycles. The summed E-state index contributed by atoms with van der Waals surface area (Å²) in [5, 5.41) is 0. The molecule has 2 bridgehead atoms. The van der Waals surface area contributed by atoms with Crippen LogP contribution in [0.2, 0.25) is 0 Å². The van der Waals surface area contributed by atoms with E-state index >= 15 is 0 Å². The molecular weight excluding hydrogens is 867 g/mol. The SMILES string of the molecule is c1ccc(-c2nc(-c3cccc(-n4c(-c5ccccc5)nc5ccccc54)c3)cc(-c3ccc4c(c3)C3c5ccccc5C4c4cc(-c5nc(-c6ccccc6)nc(-c6ccccc6)n5)ccc43)n2)cc1. The van der Waals surface area contributed by atoms with Crippen molar-refractivity contribution in [2.45, 2.75) is 11.8 Å². The van der Waals surface area contributed by atoms with Crippen molar-refractivity contribution in [2.75, 3.05) is 0 Å². The molecule has 0 saturated heterocycles. The second kappa shape index (κ2) is 16.6. The zero-order chi connectivity index (χ0) is 46.8. The van der Waals surface area contributed by atoms with Crippen molar-refractivity contribution in [3.8, 4) is 85.1 Å². The van der Waals surface area contributed by atoms with Crippen LogP contribution in [0.1, 0.15) is 45.2 Å². The minimum atomic E-state index is 0.0304. The molecule has 7 heteroatoms. The predicted molar refractivity (Wildman–Crippen MR) is 283 cm³/mol. The van der Waals surface area contributed by atoms with Gasteiger partial charge in [0.1, 0.15) is 5.82 Å². The fourth-order valence-corrected chi connectivity index (χ4v) is 10.8. The maximum absolute atomic E-state index is 5.32. The van der Waals surface area contributed by atoms with Gasteiger partial charge >= 0.3 is 0 Å². The van der Waals surface area contributed by atoms with Gasteiger partial charge in [-0.2, -0.15) is 0 Å². The Morgan fingerprint density at radius 3 is 1.27 bits per heavy atom. The number of fused-ring (bicyclic) bond motifs is 1. The first-order valence-electron chi connectivity index (χ1n) is 24.0. The highest BCUT2D eigenvalue weighted by Crippen LogP contribution is 2.56. The number of para-hydroxylation sites is 2. The first-order valence-corrected chi connectivity index (χ1v) is 24.0. The maximum Gasteiger partial charge on any atom is 0.164 e. The number of hydrogen-bond acceptors (Lipinski definition) is 6. The van der Waals surface area contributed by atoms with E-state index < -0.39 is 0 Å². The van der Waals surface area contributed by atoms with Gasteiger partial charge in [0, 0.05) is 56.5 Å². The Bertz CT molecular complexity index is 3940. The van der Waals surface area contributed by atoms with Crippen LogP contribution in [0.5, 0.6) is 0 Å². The topological polar surface area (TPSA) is 82.3 Å². The van der Waals surface area contributed by atoms with Gasteiger partial charge in [-0.25, -0.2) is 29.9 Å². The summed E-state index contributed by atoms with van der Waals surface area (Å²) in [6.45, 7) is 0. The summed E-state index contributed by atoms with van der Waals surface area (Å²) < 4.78 is 2.25. The Labute approximate surface area is 410 Å². The molecule has 3 aliphatic carbocycles. The van der Waals surface area contributed by atoms with Crippen LogP contribution < -0.4 is 0 Å². The Morgan fingerprint density at radius 1 is 0.268 bits per heavy atom. The van der Waals surface area contributed by atoms with E-state index in [4.69, 9.17) is 29.9 Å². The minimum Gasteiger partial charge on any atom is -0.292 e. The molecule has 3 aromatic heterocycles. The molecule has 9 aromatic carbocycles. The normalized spacial score (nSPS) is 14.2. The molecule has 2 atom stereocenters. The third-order valence-electron chi connectivity index (χ3n) is 14.0. The van der Waals surface area contributed by atoms with Crippen molar-refractivity contribution >= 4 is 11.0 Å². The summed E-state index contributed by atoms with van der Waals surface area (Å²) in [7, 11) is 0. The maximum atomic E-state index is 5.32. The molecule has 0 saturated carbocycles. The van der Waals surface area contributed by atoms with Gasteiger partial charge in [-0.05, 0) is 75.8 Å². The standard InChI is InChI=1S/C64H41N7/c1-5-18-40(19-6-1)60-65-55(44-26-17-27-47(36-44)71-57-31-16-15-30-54(57)67-64(71)43-24-11-4-12-25-43)39-56(66-60)45-32-34-50-52(37-45)58-48-28-13-14-29-49(48)59(50)53-38-46(33-35-51(53)58)63-69-61(41-20-7-2-8-21-41)68-62(70-63)42-22-9-3-10-23-42/h1-39,58-59H. The molecule has 0 fully saturated rings. The van der Waals surface area contributed by atoms with Crippen molar-refractivity contribution in [3.63, 3.8) is 0 Å². The number of benzene rings is 9. The van der Waals surface area contributed by atoms with Gasteiger partial charge in [0.15, 0.2) is 23.3 Å². The zero-order valence-electron chi connectivity index (χ0n) is 38.3. The number of hydrogen-bond donors (Lipinski definition) is 0. The Balaban J connectivity index is 0.886. The van der Waals surface area contributed by atoms with Crippen LogP contribution in [0.4, 0.5) is 0 Å². The van der Waals surface area contributed by atoms with Gasteiger partial charge in [-0.15, -0.1) is 0 Å². The Morgan fingerprint density at radius 2 is 0.690 bits per heavy atom. The van der Waals surface area contributed by atoms with Crippen LogP contribution in [0.3, 0.4) is 0 Å². The number of rotatable bonds is 8. The lowest BCUT2D eigenvalue weighted by molar-refractivity contribution is 0.754. The summed E-state index contributed by atoms with van der Waals surface area (Å²) in [5.74, 6) is 3.58. The molecule has 3 heterocycles. The van der Waals surface area contributed by atoms with Crippen molar-refractivity contribution in [1.29, 1.82) is 0 Å². The summed E-state index contributed by atoms with van der Waals surface area (Å²) >= 11 is 0. The monoisotopic (exact) mass is 907 g/mol. The fourth-order valence-electron chi connectivity index (χ4n) is 10.8. The average molecular weight is 908 g/mol. The lowest BCUT2D eigenvalue weighted by atomic mass is 9.60. The van der Waals surface area contributed by atoms with E-state index in [0.29, 0.717) is 23.3 Å². The highest BCUT2D eigenvalue weighted by Gasteiger charge is 2.41. The molecule has 0 amide bonds. The first-order chi connectivity index (χ1) is 35.2. The van der Waals surface area contributed by atoms with Crippen LogP contribution in [0.25, 0.3) is 96.2 Å². The van der Waals surface area contributed by atoms with Crippen molar-refractivity contribution in [3.05, 3.63) is 270 Å². The van der Waals surface area contributed by atoms with Crippen LogP contribution in [0, 0.1) is 0 Å². The quantitative estimate of drug-likeness (QED) is 0.151.